The summed E-state index contributed by atoms with van der Waals surface area (Å²) in [5, 5.41) is 2.49. The highest BCUT2D eigenvalue weighted by Crippen LogP contribution is 2.27. The molecular weight excluding hydrogens is 324 g/mol. The third-order valence-corrected chi connectivity index (χ3v) is 3.13. The van der Waals surface area contributed by atoms with Gasteiger partial charge in [0.25, 0.3) is 0 Å². The zero-order valence-corrected chi connectivity index (χ0v) is 13.9. The van der Waals surface area contributed by atoms with Crippen LogP contribution in [0, 0.1) is 0 Å². The largest absolute Gasteiger partial charge is 0.456 e. The smallest absolute Gasteiger partial charge is 0.305 e. The van der Waals surface area contributed by atoms with Crippen LogP contribution >= 0.6 is 0 Å². The summed E-state index contributed by atoms with van der Waals surface area (Å²) in [4.78, 5) is 45.6. The quantitative estimate of drug-likeness (QED) is 0.454. The van der Waals surface area contributed by atoms with E-state index in [1.807, 2.05) is 0 Å². The van der Waals surface area contributed by atoms with Gasteiger partial charge in [-0.05, 0) is 0 Å². The second kappa shape index (κ2) is 8.60. The van der Waals surface area contributed by atoms with Gasteiger partial charge in [0.05, 0.1) is 0 Å². The highest BCUT2D eigenvalue weighted by molar-refractivity contribution is 5.74. The number of esters is 3. The van der Waals surface area contributed by atoms with E-state index in [1.165, 1.54) is 13.8 Å². The van der Waals surface area contributed by atoms with Crippen LogP contribution in [0.3, 0.4) is 0 Å². The molecular formula is C14H22N2O8. The molecule has 5 unspecified atom stereocenters. The first-order valence-electron chi connectivity index (χ1n) is 7.30. The molecule has 0 radical (unpaired) electrons. The Kier molecular flexibility index (Phi) is 7.11. The van der Waals surface area contributed by atoms with Gasteiger partial charge in [0.2, 0.25) is 12.2 Å². The molecule has 1 fully saturated rings. The van der Waals surface area contributed by atoms with Crippen molar-refractivity contribution in [3.05, 3.63) is 0 Å². The minimum absolute atomic E-state index is 0.0970. The summed E-state index contributed by atoms with van der Waals surface area (Å²) in [6, 6.07) is -1.07. The molecule has 1 saturated heterocycles. The van der Waals surface area contributed by atoms with E-state index in [0.717, 1.165) is 13.8 Å². The third kappa shape index (κ3) is 5.46. The fraction of sp³-hybridized carbons (Fsp3) is 0.714. The Morgan fingerprint density at radius 2 is 1.42 bits per heavy atom. The Bertz CT molecular complexity index is 509. The number of carbonyl (C=O) groups is 4. The van der Waals surface area contributed by atoms with Crippen LogP contribution in [0.2, 0.25) is 0 Å². The van der Waals surface area contributed by atoms with Gasteiger partial charge in [0.1, 0.15) is 12.1 Å². The molecule has 0 aliphatic carbocycles. The van der Waals surface area contributed by atoms with E-state index in [1.54, 1.807) is 0 Å². The van der Waals surface area contributed by atoms with Gasteiger partial charge in [-0.3, -0.25) is 19.2 Å². The minimum Gasteiger partial charge on any atom is -0.456 e. The first-order valence-corrected chi connectivity index (χ1v) is 7.30. The standard InChI is InChI=1S/C14H22N2O8/c1-6(17)16-11-13(22-8(3)19)12(21-7(2)18)10(5-15)24-14(11)23-9(4)20/h10-14H,5,15H2,1-4H3,(H,16,17). The molecule has 10 heteroatoms. The first-order chi connectivity index (χ1) is 11.1. The molecule has 0 saturated carbocycles. The number of carbonyl (C=O) groups excluding carboxylic acids is 4. The second-order valence-corrected chi connectivity index (χ2v) is 5.26. The molecule has 0 aromatic rings. The van der Waals surface area contributed by atoms with Crippen LogP contribution in [-0.2, 0) is 38.1 Å². The van der Waals surface area contributed by atoms with E-state index < -0.39 is 54.5 Å². The lowest BCUT2D eigenvalue weighted by molar-refractivity contribution is -0.262. The van der Waals surface area contributed by atoms with Crippen molar-refractivity contribution >= 4 is 23.8 Å². The second-order valence-electron chi connectivity index (χ2n) is 5.26. The number of hydrogen-bond acceptors (Lipinski definition) is 9. The van der Waals surface area contributed by atoms with Crippen molar-refractivity contribution in [2.75, 3.05) is 6.54 Å². The summed E-state index contributed by atoms with van der Waals surface area (Å²) in [5.41, 5.74) is 5.62. The molecule has 0 aromatic heterocycles. The molecule has 1 rings (SSSR count). The van der Waals surface area contributed by atoms with Gasteiger partial charge >= 0.3 is 17.9 Å². The van der Waals surface area contributed by atoms with Crippen molar-refractivity contribution in [1.82, 2.24) is 5.32 Å². The van der Waals surface area contributed by atoms with Crippen LogP contribution in [0.1, 0.15) is 27.7 Å². The van der Waals surface area contributed by atoms with Crippen LogP contribution < -0.4 is 11.1 Å². The van der Waals surface area contributed by atoms with Crippen LogP contribution in [0.15, 0.2) is 0 Å². The lowest BCUT2D eigenvalue weighted by Crippen LogP contribution is -2.67. The van der Waals surface area contributed by atoms with Crippen molar-refractivity contribution in [1.29, 1.82) is 0 Å². The van der Waals surface area contributed by atoms with Crippen molar-refractivity contribution in [3.63, 3.8) is 0 Å². The van der Waals surface area contributed by atoms with E-state index in [-0.39, 0.29) is 6.54 Å². The molecule has 10 nitrogen and oxygen atoms in total. The highest BCUT2D eigenvalue weighted by atomic mass is 16.7. The number of rotatable bonds is 5. The Morgan fingerprint density at radius 1 is 0.917 bits per heavy atom. The predicted molar refractivity (Wildman–Crippen MR) is 78.2 cm³/mol. The monoisotopic (exact) mass is 346 g/mol. The number of hydrogen-bond donors (Lipinski definition) is 2. The van der Waals surface area contributed by atoms with E-state index in [2.05, 4.69) is 5.32 Å². The summed E-state index contributed by atoms with van der Waals surface area (Å²) < 4.78 is 20.9. The Hall–Kier alpha value is -2.20. The molecule has 1 aliphatic rings. The van der Waals surface area contributed by atoms with E-state index >= 15 is 0 Å². The van der Waals surface area contributed by atoms with Crippen LogP contribution in [-0.4, -0.2) is 61.0 Å². The lowest BCUT2D eigenvalue weighted by atomic mass is 9.95. The van der Waals surface area contributed by atoms with E-state index in [9.17, 15) is 19.2 Å². The van der Waals surface area contributed by atoms with Crippen molar-refractivity contribution in [2.45, 2.75) is 58.3 Å². The molecule has 1 heterocycles. The summed E-state index contributed by atoms with van der Waals surface area (Å²) in [5.74, 6) is -2.47. The molecule has 1 aliphatic heterocycles. The van der Waals surface area contributed by atoms with Crippen LogP contribution in [0.4, 0.5) is 0 Å². The van der Waals surface area contributed by atoms with Gasteiger partial charge in [-0.1, -0.05) is 0 Å². The van der Waals surface area contributed by atoms with Gasteiger partial charge in [-0.2, -0.15) is 0 Å². The fourth-order valence-electron chi connectivity index (χ4n) is 2.41. The average molecular weight is 346 g/mol. The molecule has 5 atom stereocenters. The summed E-state index contributed by atoms with van der Waals surface area (Å²) >= 11 is 0. The number of ether oxygens (including phenoxy) is 4. The van der Waals surface area contributed by atoms with Gasteiger partial charge in [0.15, 0.2) is 12.2 Å². The Balaban J connectivity index is 3.23. The SMILES string of the molecule is CC(=O)NC1C(OC(C)=O)OC(CN)C(OC(C)=O)C1OC(C)=O. The minimum atomic E-state index is -1.25. The Labute approximate surface area is 138 Å². The van der Waals surface area contributed by atoms with Crippen LogP contribution in [0.25, 0.3) is 0 Å². The molecule has 1 amide bonds. The average Bonchev–Trinajstić information content (AvgIpc) is 2.42. The van der Waals surface area contributed by atoms with E-state index in [4.69, 9.17) is 24.7 Å². The molecule has 0 bridgehead atoms. The number of amides is 1. The maximum absolute atomic E-state index is 11.5. The molecule has 24 heavy (non-hydrogen) atoms. The molecule has 0 spiro atoms. The summed E-state index contributed by atoms with van der Waals surface area (Å²) in [6.45, 7) is 4.61. The fourth-order valence-corrected chi connectivity index (χ4v) is 2.41. The molecule has 0 aromatic carbocycles. The third-order valence-electron chi connectivity index (χ3n) is 3.13. The normalized spacial score (nSPS) is 29.3. The molecule has 3 N–H and O–H groups in total. The van der Waals surface area contributed by atoms with Crippen molar-refractivity contribution in [3.8, 4) is 0 Å². The number of nitrogens with one attached hydrogen (secondary N) is 1. The van der Waals surface area contributed by atoms with Crippen LogP contribution in [0.5, 0.6) is 0 Å². The summed E-state index contributed by atoms with van der Waals surface area (Å²) in [7, 11) is 0. The maximum Gasteiger partial charge on any atom is 0.305 e. The summed E-state index contributed by atoms with van der Waals surface area (Å²) in [6.07, 6.45) is -4.36. The first kappa shape index (κ1) is 19.8. The van der Waals surface area contributed by atoms with Gasteiger partial charge in [-0.25, -0.2) is 0 Å². The number of nitrogens with two attached hydrogens (primary N) is 1. The topological polar surface area (TPSA) is 143 Å². The predicted octanol–water partition coefficient (Wildman–Crippen LogP) is -1.40. The highest BCUT2D eigenvalue weighted by Gasteiger charge is 2.51. The van der Waals surface area contributed by atoms with Crippen molar-refractivity contribution < 1.29 is 38.1 Å². The van der Waals surface area contributed by atoms with Gasteiger partial charge < -0.3 is 30.0 Å². The molecule has 136 valence electrons. The maximum atomic E-state index is 11.5. The van der Waals surface area contributed by atoms with Gasteiger partial charge in [0, 0.05) is 34.2 Å². The van der Waals surface area contributed by atoms with Gasteiger partial charge in [-0.15, -0.1) is 0 Å². The Morgan fingerprint density at radius 3 is 1.83 bits per heavy atom. The zero-order valence-electron chi connectivity index (χ0n) is 13.9. The van der Waals surface area contributed by atoms with Crippen molar-refractivity contribution in [2.24, 2.45) is 5.73 Å². The zero-order chi connectivity index (χ0) is 18.4. The lowest BCUT2D eigenvalue weighted by Gasteiger charge is -2.44. The van der Waals surface area contributed by atoms with E-state index in [0.29, 0.717) is 0 Å².